The molecule has 0 amide bonds. The molecular weight excluding hydrogens is 785 g/mol. The summed E-state index contributed by atoms with van der Waals surface area (Å²) in [5, 5.41) is 7.34. The highest BCUT2D eigenvalue weighted by molar-refractivity contribution is 7.26. The molecule has 0 saturated carbocycles. The third-order valence-corrected chi connectivity index (χ3v) is 13.7. The van der Waals surface area contributed by atoms with Crippen molar-refractivity contribution in [2.75, 3.05) is 0 Å². The zero-order chi connectivity index (χ0) is 41.4. The van der Waals surface area contributed by atoms with Crippen molar-refractivity contribution >= 4 is 75.1 Å². The molecule has 9 aromatic carbocycles. The summed E-state index contributed by atoms with van der Waals surface area (Å²) in [7, 11) is 0. The lowest BCUT2D eigenvalue weighted by molar-refractivity contribution is 1.17. The van der Waals surface area contributed by atoms with Crippen LogP contribution in [0.25, 0.3) is 120 Å². The second kappa shape index (κ2) is 14.2. The summed E-state index contributed by atoms with van der Waals surface area (Å²) in [6, 6.07) is 78.5. The number of hydrogen-bond donors (Lipinski definition) is 0. The number of fused-ring (bicyclic) bond motifs is 9. The number of hydrogen-bond acceptors (Lipinski definition) is 3. The fourth-order valence-electron chi connectivity index (χ4n) is 9.63. The van der Waals surface area contributed by atoms with E-state index >= 15 is 0 Å². The van der Waals surface area contributed by atoms with Gasteiger partial charge < -0.3 is 9.13 Å². The number of benzene rings is 9. The van der Waals surface area contributed by atoms with E-state index in [0.29, 0.717) is 5.82 Å². The van der Waals surface area contributed by atoms with Gasteiger partial charge in [0.25, 0.3) is 0 Å². The van der Waals surface area contributed by atoms with Gasteiger partial charge in [0.15, 0.2) is 5.82 Å². The predicted octanol–water partition coefficient (Wildman–Crippen LogP) is 15.7. The molecule has 0 saturated heterocycles. The van der Waals surface area contributed by atoms with Crippen LogP contribution in [0, 0.1) is 0 Å². The number of para-hydroxylation sites is 3. The van der Waals surface area contributed by atoms with E-state index < -0.39 is 0 Å². The second-order valence-corrected chi connectivity index (χ2v) is 17.2. The van der Waals surface area contributed by atoms with Crippen molar-refractivity contribution in [3.05, 3.63) is 218 Å². The van der Waals surface area contributed by atoms with Gasteiger partial charge >= 0.3 is 0 Å². The van der Waals surface area contributed by atoms with E-state index in [9.17, 15) is 0 Å². The van der Waals surface area contributed by atoms with Gasteiger partial charge in [0.1, 0.15) is 0 Å². The summed E-state index contributed by atoms with van der Waals surface area (Å²) in [4.78, 5) is 10.7. The topological polar surface area (TPSA) is 35.6 Å². The van der Waals surface area contributed by atoms with Crippen molar-refractivity contribution in [3.8, 4) is 56.4 Å². The highest BCUT2D eigenvalue weighted by Gasteiger charge is 2.21. The Morgan fingerprint density at radius 3 is 1.38 bits per heavy atom. The third-order valence-electron chi connectivity index (χ3n) is 12.5. The molecule has 4 heterocycles. The maximum absolute atomic E-state index is 5.36. The normalized spacial score (nSPS) is 11.8. The Bertz CT molecular complexity index is 3840. The second-order valence-electron chi connectivity index (χ2n) is 16.2. The van der Waals surface area contributed by atoms with Crippen molar-refractivity contribution in [3.63, 3.8) is 0 Å². The molecule has 13 rings (SSSR count). The molecule has 0 aliphatic heterocycles. The molecule has 5 heteroatoms. The van der Waals surface area contributed by atoms with Gasteiger partial charge in [0, 0.05) is 69.8 Å². The quantitative estimate of drug-likeness (QED) is 0.167. The molecule has 13 aromatic rings. The van der Waals surface area contributed by atoms with Gasteiger partial charge in [-0.15, -0.1) is 11.3 Å². The van der Waals surface area contributed by atoms with Crippen LogP contribution < -0.4 is 0 Å². The maximum Gasteiger partial charge on any atom is 0.161 e. The van der Waals surface area contributed by atoms with E-state index in [0.717, 1.165) is 50.5 Å². The average molecular weight is 821 g/mol. The van der Waals surface area contributed by atoms with Crippen molar-refractivity contribution in [2.45, 2.75) is 0 Å². The molecule has 63 heavy (non-hydrogen) atoms. The third kappa shape index (κ3) is 5.74. The summed E-state index contributed by atoms with van der Waals surface area (Å²) in [5.41, 5.74) is 14.2. The minimum atomic E-state index is 0.709. The summed E-state index contributed by atoms with van der Waals surface area (Å²) in [5.74, 6) is 0.709. The molecule has 0 radical (unpaired) electrons. The van der Waals surface area contributed by atoms with Crippen LogP contribution in [-0.4, -0.2) is 19.1 Å². The summed E-state index contributed by atoms with van der Waals surface area (Å²) in [6.07, 6.45) is 0. The standard InChI is InChI=1S/C58H36N4S/c1-4-16-37(17-5-1)50-36-51(38-18-6-2-7-19-38)60-58(59-50)49-35-42(34-48-45-24-12-15-27-56(45)63-57(48)49)62-53-26-14-11-23-44(53)47-33-40(29-31-55(47)62)39-28-30-54-46(32-39)43-22-10-13-25-52(43)61(54)41-20-8-3-9-21-41/h1-36H. The number of thiophene rings is 1. The molecule has 0 bridgehead atoms. The first-order chi connectivity index (χ1) is 31.2. The minimum Gasteiger partial charge on any atom is -0.309 e. The van der Waals surface area contributed by atoms with Crippen LogP contribution in [0.15, 0.2) is 218 Å². The molecule has 294 valence electrons. The van der Waals surface area contributed by atoms with Crippen LogP contribution in [0.1, 0.15) is 0 Å². The van der Waals surface area contributed by atoms with Gasteiger partial charge in [-0.3, -0.25) is 0 Å². The Kier molecular flexibility index (Phi) is 8.05. The lowest BCUT2D eigenvalue weighted by atomic mass is 10.0. The van der Waals surface area contributed by atoms with Crippen molar-refractivity contribution in [1.82, 2.24) is 19.1 Å². The first kappa shape index (κ1) is 35.6. The van der Waals surface area contributed by atoms with Gasteiger partial charge in [-0.05, 0) is 83.9 Å². The molecule has 0 aliphatic carbocycles. The average Bonchev–Trinajstić information content (AvgIpc) is 4.02. The van der Waals surface area contributed by atoms with E-state index in [1.807, 2.05) is 23.5 Å². The molecular formula is C58H36N4S. The first-order valence-electron chi connectivity index (χ1n) is 21.3. The van der Waals surface area contributed by atoms with Gasteiger partial charge in [0.05, 0.1) is 33.5 Å². The zero-order valence-corrected chi connectivity index (χ0v) is 34.8. The molecule has 0 N–H and O–H groups in total. The largest absolute Gasteiger partial charge is 0.309 e. The molecule has 0 fully saturated rings. The number of nitrogens with zero attached hydrogens (tertiary/aromatic N) is 4. The van der Waals surface area contributed by atoms with Gasteiger partial charge in [-0.2, -0.15) is 0 Å². The molecule has 0 spiro atoms. The number of rotatable bonds is 6. The molecule has 0 unspecified atom stereocenters. The Labute approximate surface area is 367 Å². The Hall–Kier alpha value is -8.12. The summed E-state index contributed by atoms with van der Waals surface area (Å²) in [6.45, 7) is 0. The maximum atomic E-state index is 5.36. The predicted molar refractivity (Wildman–Crippen MR) is 265 cm³/mol. The monoisotopic (exact) mass is 820 g/mol. The Balaban J connectivity index is 1.03. The minimum absolute atomic E-state index is 0.709. The van der Waals surface area contributed by atoms with Crippen LogP contribution in [-0.2, 0) is 0 Å². The van der Waals surface area contributed by atoms with Gasteiger partial charge in [0.2, 0.25) is 0 Å². The zero-order valence-electron chi connectivity index (χ0n) is 34.0. The SMILES string of the molecule is c1ccc(-c2cc(-c3ccccc3)nc(-c3cc(-n4c5ccccc5c5cc(-c6ccc7c(c6)c6ccccc6n7-c6ccccc6)ccc54)cc4c3sc3ccccc34)n2)cc1. The van der Waals surface area contributed by atoms with E-state index in [4.69, 9.17) is 9.97 Å². The van der Waals surface area contributed by atoms with Crippen LogP contribution in [0.2, 0.25) is 0 Å². The fraction of sp³-hybridized carbons (Fsp3) is 0. The summed E-state index contributed by atoms with van der Waals surface area (Å²) < 4.78 is 7.22. The van der Waals surface area contributed by atoms with E-state index in [-0.39, 0.29) is 0 Å². The molecule has 0 aliphatic rings. The first-order valence-corrected chi connectivity index (χ1v) is 22.1. The Morgan fingerprint density at radius 2 is 0.794 bits per heavy atom. The Morgan fingerprint density at radius 1 is 0.317 bits per heavy atom. The van der Waals surface area contributed by atoms with Crippen LogP contribution >= 0.6 is 11.3 Å². The van der Waals surface area contributed by atoms with E-state index in [2.05, 4.69) is 215 Å². The smallest absolute Gasteiger partial charge is 0.161 e. The lowest BCUT2D eigenvalue weighted by Gasteiger charge is -2.14. The lowest BCUT2D eigenvalue weighted by Crippen LogP contribution is -1.99. The van der Waals surface area contributed by atoms with Gasteiger partial charge in [-0.25, -0.2) is 9.97 Å². The molecule has 4 nitrogen and oxygen atoms in total. The van der Waals surface area contributed by atoms with Crippen molar-refractivity contribution in [2.24, 2.45) is 0 Å². The van der Waals surface area contributed by atoms with Crippen LogP contribution in [0.3, 0.4) is 0 Å². The van der Waals surface area contributed by atoms with Gasteiger partial charge in [-0.1, -0.05) is 146 Å². The van der Waals surface area contributed by atoms with Crippen molar-refractivity contribution < 1.29 is 0 Å². The van der Waals surface area contributed by atoms with Crippen molar-refractivity contribution in [1.29, 1.82) is 0 Å². The van der Waals surface area contributed by atoms with Crippen LogP contribution in [0.4, 0.5) is 0 Å². The molecule has 4 aromatic heterocycles. The molecule has 0 atom stereocenters. The summed E-state index contributed by atoms with van der Waals surface area (Å²) >= 11 is 1.81. The van der Waals surface area contributed by atoms with E-state index in [1.165, 1.54) is 63.9 Å². The highest BCUT2D eigenvalue weighted by Crippen LogP contribution is 2.44. The number of aromatic nitrogens is 4. The fourth-order valence-corrected chi connectivity index (χ4v) is 10.8. The highest BCUT2D eigenvalue weighted by atomic mass is 32.1. The van der Waals surface area contributed by atoms with Crippen LogP contribution in [0.5, 0.6) is 0 Å². The van der Waals surface area contributed by atoms with E-state index in [1.54, 1.807) is 0 Å².